The molecule has 1 aromatic rings. The summed E-state index contributed by atoms with van der Waals surface area (Å²) in [5.41, 5.74) is 6.52. The van der Waals surface area contributed by atoms with Crippen molar-refractivity contribution in [2.45, 2.75) is 43.8 Å². The zero-order valence-corrected chi connectivity index (χ0v) is 13.9. The minimum atomic E-state index is -3.44. The fourth-order valence-corrected chi connectivity index (χ4v) is 4.19. The summed E-state index contributed by atoms with van der Waals surface area (Å²) in [5, 5.41) is 0. The molecule has 1 unspecified atom stereocenters. The number of aromatic nitrogens is 1. The molecule has 120 valence electrons. The Kier molecular flexibility index (Phi) is 5.08. The molecule has 6 nitrogen and oxygen atoms in total. The summed E-state index contributed by atoms with van der Waals surface area (Å²) in [5.74, 6) is 0. The normalized spacial score (nSPS) is 20.5. The average Bonchev–Trinajstić information content (AvgIpc) is 3.05. The Labute approximate surface area is 127 Å². The molecule has 1 aromatic heterocycles. The monoisotopic (exact) mass is 314 g/mol. The standard InChI is InChI=1S/C14H26N4O2S/c1-4-18-11-14(8-13(18)9-15)21(19,20)17(3)10-12-6-5-7-16(12)2/h8,11-12H,4-7,9-10,15H2,1-3H3. The zero-order chi connectivity index (χ0) is 15.6. The van der Waals surface area contributed by atoms with Crippen LogP contribution in [0, 0.1) is 0 Å². The van der Waals surface area contributed by atoms with E-state index in [1.807, 2.05) is 11.5 Å². The molecule has 7 heteroatoms. The first kappa shape index (κ1) is 16.5. The van der Waals surface area contributed by atoms with Crippen LogP contribution >= 0.6 is 0 Å². The highest BCUT2D eigenvalue weighted by molar-refractivity contribution is 7.89. The Morgan fingerprint density at radius 3 is 2.67 bits per heavy atom. The summed E-state index contributed by atoms with van der Waals surface area (Å²) in [6.07, 6.45) is 3.88. The topological polar surface area (TPSA) is 71.6 Å². The van der Waals surface area contributed by atoms with Gasteiger partial charge in [-0.1, -0.05) is 0 Å². The highest BCUT2D eigenvalue weighted by Crippen LogP contribution is 2.21. The smallest absolute Gasteiger partial charge is 0.244 e. The maximum atomic E-state index is 12.7. The Morgan fingerprint density at radius 1 is 1.48 bits per heavy atom. The van der Waals surface area contributed by atoms with E-state index < -0.39 is 10.0 Å². The molecule has 2 rings (SSSR count). The predicted octanol–water partition coefficient (Wildman–Crippen LogP) is 0.681. The average molecular weight is 314 g/mol. The lowest BCUT2D eigenvalue weighted by molar-refractivity contribution is 0.271. The van der Waals surface area contributed by atoms with Crippen LogP contribution in [0.1, 0.15) is 25.5 Å². The van der Waals surface area contributed by atoms with Crippen LogP contribution in [0.25, 0.3) is 0 Å². The first-order chi connectivity index (χ1) is 9.90. The van der Waals surface area contributed by atoms with E-state index >= 15 is 0 Å². The molecule has 1 saturated heterocycles. The van der Waals surface area contributed by atoms with E-state index in [9.17, 15) is 8.42 Å². The molecule has 21 heavy (non-hydrogen) atoms. The van der Waals surface area contributed by atoms with Crippen LogP contribution in [-0.4, -0.2) is 55.4 Å². The molecule has 0 spiro atoms. The third-order valence-corrected chi connectivity index (χ3v) is 6.15. The molecule has 0 saturated carbocycles. The maximum absolute atomic E-state index is 12.7. The largest absolute Gasteiger partial charge is 0.349 e. The minimum absolute atomic E-state index is 0.312. The van der Waals surface area contributed by atoms with Crippen molar-refractivity contribution in [1.29, 1.82) is 0 Å². The van der Waals surface area contributed by atoms with Gasteiger partial charge >= 0.3 is 0 Å². The van der Waals surface area contributed by atoms with Gasteiger partial charge in [-0.3, -0.25) is 0 Å². The third kappa shape index (κ3) is 3.31. The van der Waals surface area contributed by atoms with Crippen LogP contribution in [-0.2, 0) is 23.1 Å². The summed E-state index contributed by atoms with van der Waals surface area (Å²) < 4.78 is 28.7. The second-order valence-electron chi connectivity index (χ2n) is 5.72. The van der Waals surface area contributed by atoms with Crippen LogP contribution in [0.4, 0.5) is 0 Å². The molecule has 0 aliphatic carbocycles. The third-order valence-electron chi connectivity index (χ3n) is 4.36. The number of rotatable bonds is 6. The maximum Gasteiger partial charge on any atom is 0.244 e. The van der Waals surface area contributed by atoms with E-state index in [1.165, 1.54) is 4.31 Å². The van der Waals surface area contributed by atoms with E-state index in [2.05, 4.69) is 11.9 Å². The highest BCUT2D eigenvalue weighted by atomic mass is 32.2. The lowest BCUT2D eigenvalue weighted by Gasteiger charge is -2.25. The highest BCUT2D eigenvalue weighted by Gasteiger charge is 2.29. The van der Waals surface area contributed by atoms with Gasteiger partial charge in [0, 0.05) is 44.6 Å². The van der Waals surface area contributed by atoms with E-state index in [0.717, 1.165) is 31.6 Å². The summed E-state index contributed by atoms with van der Waals surface area (Å²) in [7, 11) is 0.272. The number of hydrogen-bond donors (Lipinski definition) is 1. The van der Waals surface area contributed by atoms with E-state index in [-0.39, 0.29) is 0 Å². The fraction of sp³-hybridized carbons (Fsp3) is 0.714. The number of likely N-dealkylation sites (tertiary alicyclic amines) is 1. The van der Waals surface area contributed by atoms with Gasteiger partial charge in [0.2, 0.25) is 10.0 Å². The second kappa shape index (κ2) is 6.48. The number of nitrogens with two attached hydrogens (primary N) is 1. The molecular weight excluding hydrogens is 288 g/mol. The van der Waals surface area contributed by atoms with E-state index in [0.29, 0.717) is 24.0 Å². The molecule has 0 bridgehead atoms. The molecule has 0 aromatic carbocycles. The summed E-state index contributed by atoms with van der Waals surface area (Å²) in [6.45, 7) is 4.62. The fourth-order valence-electron chi connectivity index (χ4n) is 2.92. The molecule has 2 N–H and O–H groups in total. The molecule has 0 amide bonds. The molecule has 1 aliphatic heterocycles. The molecule has 1 fully saturated rings. The van der Waals surface area contributed by atoms with Crippen molar-refractivity contribution in [1.82, 2.24) is 13.8 Å². The first-order valence-electron chi connectivity index (χ1n) is 7.45. The van der Waals surface area contributed by atoms with Gasteiger partial charge in [0.05, 0.1) is 0 Å². The van der Waals surface area contributed by atoms with Crippen molar-refractivity contribution in [2.75, 3.05) is 27.2 Å². The number of sulfonamides is 1. The summed E-state index contributed by atoms with van der Waals surface area (Å²) in [4.78, 5) is 2.57. The number of aryl methyl sites for hydroxylation is 1. The van der Waals surface area contributed by atoms with Gasteiger partial charge < -0.3 is 15.2 Å². The Balaban J connectivity index is 2.18. The minimum Gasteiger partial charge on any atom is -0.349 e. The summed E-state index contributed by atoms with van der Waals surface area (Å²) >= 11 is 0. The van der Waals surface area contributed by atoms with Crippen molar-refractivity contribution in [3.8, 4) is 0 Å². The second-order valence-corrected chi connectivity index (χ2v) is 7.76. The van der Waals surface area contributed by atoms with Gasteiger partial charge in [-0.05, 0) is 39.4 Å². The molecule has 2 heterocycles. The first-order valence-corrected chi connectivity index (χ1v) is 8.89. The van der Waals surface area contributed by atoms with E-state index in [4.69, 9.17) is 5.73 Å². The molecular formula is C14H26N4O2S. The molecule has 0 radical (unpaired) electrons. The van der Waals surface area contributed by atoms with Crippen molar-refractivity contribution in [2.24, 2.45) is 5.73 Å². The van der Waals surface area contributed by atoms with Crippen LogP contribution in [0.3, 0.4) is 0 Å². The lowest BCUT2D eigenvalue weighted by Crippen LogP contribution is -2.39. The zero-order valence-electron chi connectivity index (χ0n) is 13.1. The van der Waals surface area contributed by atoms with Crippen LogP contribution in [0.2, 0.25) is 0 Å². The molecule has 1 aliphatic rings. The van der Waals surface area contributed by atoms with Crippen molar-refractivity contribution in [3.63, 3.8) is 0 Å². The van der Waals surface area contributed by atoms with Gasteiger partial charge in [-0.15, -0.1) is 0 Å². The predicted molar refractivity (Wildman–Crippen MR) is 83.5 cm³/mol. The van der Waals surface area contributed by atoms with Gasteiger partial charge in [-0.25, -0.2) is 8.42 Å². The van der Waals surface area contributed by atoms with Gasteiger partial charge in [-0.2, -0.15) is 4.31 Å². The quantitative estimate of drug-likeness (QED) is 0.838. The van der Waals surface area contributed by atoms with Crippen LogP contribution < -0.4 is 5.73 Å². The van der Waals surface area contributed by atoms with Crippen molar-refractivity contribution in [3.05, 3.63) is 18.0 Å². The van der Waals surface area contributed by atoms with Gasteiger partial charge in [0.25, 0.3) is 0 Å². The van der Waals surface area contributed by atoms with Gasteiger partial charge in [0.1, 0.15) is 4.90 Å². The summed E-state index contributed by atoms with van der Waals surface area (Å²) in [6, 6.07) is 2.00. The molecule has 1 atom stereocenters. The Hall–Kier alpha value is -0.890. The SMILES string of the molecule is CCn1cc(S(=O)(=O)N(C)CC2CCCN2C)cc1CN. The Morgan fingerprint density at radius 2 is 2.19 bits per heavy atom. The van der Waals surface area contributed by atoms with Crippen molar-refractivity contribution >= 4 is 10.0 Å². The number of nitrogens with zero attached hydrogens (tertiary/aromatic N) is 3. The Bertz CT molecular complexity index is 560. The van der Waals surface area contributed by atoms with E-state index in [1.54, 1.807) is 19.3 Å². The van der Waals surface area contributed by atoms with Crippen LogP contribution in [0.15, 0.2) is 17.2 Å². The lowest BCUT2D eigenvalue weighted by atomic mass is 10.2. The number of likely N-dealkylation sites (N-methyl/N-ethyl adjacent to an activating group) is 2. The van der Waals surface area contributed by atoms with Crippen molar-refractivity contribution < 1.29 is 8.42 Å². The number of hydrogen-bond acceptors (Lipinski definition) is 4. The van der Waals surface area contributed by atoms with Gasteiger partial charge in [0.15, 0.2) is 0 Å². The van der Waals surface area contributed by atoms with Crippen LogP contribution in [0.5, 0.6) is 0 Å².